The molecule has 0 aromatic heterocycles. The van der Waals surface area contributed by atoms with Gasteiger partial charge in [0.2, 0.25) is 0 Å². The van der Waals surface area contributed by atoms with Gasteiger partial charge in [0.15, 0.2) is 0 Å². The summed E-state index contributed by atoms with van der Waals surface area (Å²) >= 11 is 1.72. The topological polar surface area (TPSA) is 26.3 Å². The van der Waals surface area contributed by atoms with Crippen LogP contribution in [-0.2, 0) is 4.74 Å². The molecule has 0 spiro atoms. The molecule has 0 saturated heterocycles. The molecule has 3 heteroatoms. The second-order valence-corrected chi connectivity index (χ2v) is 5.16. The zero-order valence-corrected chi connectivity index (χ0v) is 10.8. The SMILES string of the molecule is COC(=O)c1ccccc1SCCC(C)C. The van der Waals surface area contributed by atoms with E-state index < -0.39 is 0 Å². The van der Waals surface area contributed by atoms with Crippen LogP contribution in [0.1, 0.15) is 30.6 Å². The Kier molecular flexibility index (Phi) is 5.39. The Morgan fingerprint density at radius 3 is 2.69 bits per heavy atom. The predicted molar refractivity (Wildman–Crippen MR) is 68.0 cm³/mol. The predicted octanol–water partition coefficient (Wildman–Crippen LogP) is 3.61. The Bertz CT molecular complexity index is 348. The average Bonchev–Trinajstić information content (AvgIpc) is 2.28. The van der Waals surface area contributed by atoms with Crippen molar-refractivity contribution in [2.45, 2.75) is 25.2 Å². The van der Waals surface area contributed by atoms with E-state index in [1.807, 2.05) is 24.3 Å². The summed E-state index contributed by atoms with van der Waals surface area (Å²) < 4.78 is 4.75. The molecule has 0 aliphatic rings. The van der Waals surface area contributed by atoms with E-state index in [4.69, 9.17) is 4.74 Å². The number of carbonyl (C=O) groups excluding carboxylic acids is 1. The van der Waals surface area contributed by atoms with Crippen LogP contribution in [0.2, 0.25) is 0 Å². The van der Waals surface area contributed by atoms with E-state index in [1.165, 1.54) is 7.11 Å². The molecule has 0 heterocycles. The Morgan fingerprint density at radius 2 is 2.06 bits per heavy atom. The van der Waals surface area contributed by atoms with Crippen LogP contribution in [-0.4, -0.2) is 18.8 Å². The Balaban J connectivity index is 2.67. The Labute approximate surface area is 101 Å². The molecule has 0 amide bonds. The Hall–Kier alpha value is -0.960. The van der Waals surface area contributed by atoms with Gasteiger partial charge in [0.05, 0.1) is 12.7 Å². The Morgan fingerprint density at radius 1 is 1.38 bits per heavy atom. The fraction of sp³-hybridized carbons (Fsp3) is 0.462. The molecule has 0 unspecified atom stereocenters. The number of ether oxygens (including phenoxy) is 1. The molecular weight excluding hydrogens is 220 g/mol. The zero-order valence-electron chi connectivity index (χ0n) is 10.0. The number of hydrogen-bond donors (Lipinski definition) is 0. The second kappa shape index (κ2) is 6.59. The first-order valence-electron chi connectivity index (χ1n) is 5.45. The summed E-state index contributed by atoms with van der Waals surface area (Å²) in [5, 5.41) is 0. The summed E-state index contributed by atoms with van der Waals surface area (Å²) in [5.41, 5.74) is 0.666. The second-order valence-electron chi connectivity index (χ2n) is 4.02. The van der Waals surface area contributed by atoms with E-state index in [9.17, 15) is 4.79 Å². The molecule has 0 aliphatic heterocycles. The average molecular weight is 238 g/mol. The largest absolute Gasteiger partial charge is 0.465 e. The van der Waals surface area contributed by atoms with Gasteiger partial charge in [-0.25, -0.2) is 4.79 Å². The minimum Gasteiger partial charge on any atom is -0.465 e. The van der Waals surface area contributed by atoms with Gasteiger partial charge in [0, 0.05) is 4.90 Å². The van der Waals surface area contributed by atoms with Crippen LogP contribution in [0.25, 0.3) is 0 Å². The highest BCUT2D eigenvalue weighted by atomic mass is 32.2. The molecule has 0 fully saturated rings. The molecule has 0 bridgehead atoms. The van der Waals surface area contributed by atoms with E-state index in [-0.39, 0.29) is 5.97 Å². The maximum Gasteiger partial charge on any atom is 0.338 e. The van der Waals surface area contributed by atoms with Crippen molar-refractivity contribution >= 4 is 17.7 Å². The lowest BCUT2D eigenvalue weighted by Crippen LogP contribution is -2.03. The number of methoxy groups -OCH3 is 1. The van der Waals surface area contributed by atoms with Gasteiger partial charge in [-0.1, -0.05) is 26.0 Å². The first-order valence-corrected chi connectivity index (χ1v) is 6.44. The van der Waals surface area contributed by atoms with Crippen LogP contribution < -0.4 is 0 Å². The quantitative estimate of drug-likeness (QED) is 0.579. The lowest BCUT2D eigenvalue weighted by atomic mass is 10.2. The van der Waals surface area contributed by atoms with Crippen molar-refractivity contribution in [3.05, 3.63) is 29.8 Å². The van der Waals surface area contributed by atoms with Crippen molar-refractivity contribution < 1.29 is 9.53 Å². The maximum absolute atomic E-state index is 11.5. The van der Waals surface area contributed by atoms with Crippen LogP contribution in [0.5, 0.6) is 0 Å². The van der Waals surface area contributed by atoms with E-state index in [2.05, 4.69) is 13.8 Å². The summed E-state index contributed by atoms with van der Waals surface area (Å²) in [4.78, 5) is 12.5. The third-order valence-corrected chi connectivity index (χ3v) is 3.35. The maximum atomic E-state index is 11.5. The highest BCUT2D eigenvalue weighted by Crippen LogP contribution is 2.24. The lowest BCUT2D eigenvalue weighted by Gasteiger charge is -2.08. The summed E-state index contributed by atoms with van der Waals surface area (Å²) in [6.45, 7) is 4.40. The standard InChI is InChI=1S/C13H18O2S/c1-10(2)8-9-16-12-7-5-4-6-11(12)13(14)15-3/h4-7,10H,8-9H2,1-3H3. The van der Waals surface area contributed by atoms with Crippen LogP contribution in [0.4, 0.5) is 0 Å². The van der Waals surface area contributed by atoms with Crippen LogP contribution >= 0.6 is 11.8 Å². The molecule has 0 saturated carbocycles. The molecule has 2 nitrogen and oxygen atoms in total. The first kappa shape index (κ1) is 13.1. The lowest BCUT2D eigenvalue weighted by molar-refractivity contribution is 0.0597. The van der Waals surface area contributed by atoms with Gasteiger partial charge in [0.25, 0.3) is 0 Å². The molecule has 0 N–H and O–H groups in total. The minimum absolute atomic E-state index is 0.257. The van der Waals surface area contributed by atoms with Crippen molar-refractivity contribution in [3.63, 3.8) is 0 Å². The van der Waals surface area contributed by atoms with Crippen molar-refractivity contribution in [1.29, 1.82) is 0 Å². The molecule has 1 rings (SSSR count). The molecule has 0 radical (unpaired) electrons. The molecular formula is C13H18O2S. The third-order valence-electron chi connectivity index (χ3n) is 2.25. The highest BCUT2D eigenvalue weighted by Gasteiger charge is 2.10. The summed E-state index contributed by atoms with van der Waals surface area (Å²) in [6, 6.07) is 7.59. The summed E-state index contributed by atoms with van der Waals surface area (Å²) in [6.07, 6.45) is 1.15. The fourth-order valence-electron chi connectivity index (χ4n) is 1.28. The van der Waals surface area contributed by atoms with Crippen molar-refractivity contribution in [2.75, 3.05) is 12.9 Å². The molecule has 0 atom stereocenters. The monoisotopic (exact) mass is 238 g/mol. The van der Waals surface area contributed by atoms with E-state index in [1.54, 1.807) is 11.8 Å². The summed E-state index contributed by atoms with van der Waals surface area (Å²) in [5.74, 6) is 1.47. The smallest absolute Gasteiger partial charge is 0.338 e. The molecule has 16 heavy (non-hydrogen) atoms. The minimum atomic E-state index is -0.257. The number of esters is 1. The normalized spacial score (nSPS) is 10.5. The first-order chi connectivity index (χ1) is 7.65. The number of thioether (sulfide) groups is 1. The number of hydrogen-bond acceptors (Lipinski definition) is 3. The van der Waals surface area contributed by atoms with E-state index in [0.29, 0.717) is 11.5 Å². The molecule has 1 aromatic carbocycles. The zero-order chi connectivity index (χ0) is 12.0. The van der Waals surface area contributed by atoms with Gasteiger partial charge in [-0.05, 0) is 30.2 Å². The van der Waals surface area contributed by atoms with Gasteiger partial charge in [-0.3, -0.25) is 0 Å². The van der Waals surface area contributed by atoms with Crippen molar-refractivity contribution in [1.82, 2.24) is 0 Å². The van der Waals surface area contributed by atoms with Gasteiger partial charge < -0.3 is 4.74 Å². The van der Waals surface area contributed by atoms with Gasteiger partial charge in [-0.15, -0.1) is 11.8 Å². The van der Waals surface area contributed by atoms with Crippen molar-refractivity contribution in [2.24, 2.45) is 5.92 Å². The number of carbonyl (C=O) groups is 1. The van der Waals surface area contributed by atoms with E-state index >= 15 is 0 Å². The van der Waals surface area contributed by atoms with Gasteiger partial charge in [-0.2, -0.15) is 0 Å². The van der Waals surface area contributed by atoms with E-state index in [0.717, 1.165) is 17.1 Å². The highest BCUT2D eigenvalue weighted by molar-refractivity contribution is 7.99. The van der Waals surface area contributed by atoms with Crippen molar-refractivity contribution in [3.8, 4) is 0 Å². The molecule has 88 valence electrons. The number of rotatable bonds is 5. The summed E-state index contributed by atoms with van der Waals surface area (Å²) in [7, 11) is 1.41. The van der Waals surface area contributed by atoms with Crippen LogP contribution in [0.3, 0.4) is 0 Å². The number of benzene rings is 1. The van der Waals surface area contributed by atoms with Crippen LogP contribution in [0.15, 0.2) is 29.2 Å². The van der Waals surface area contributed by atoms with Gasteiger partial charge >= 0.3 is 5.97 Å². The third kappa shape index (κ3) is 3.89. The van der Waals surface area contributed by atoms with Gasteiger partial charge in [0.1, 0.15) is 0 Å². The fourth-order valence-corrected chi connectivity index (χ4v) is 2.57. The molecule has 0 aliphatic carbocycles. The van der Waals surface area contributed by atoms with Crippen LogP contribution in [0, 0.1) is 5.92 Å². The molecule has 1 aromatic rings.